The predicted molar refractivity (Wildman–Crippen MR) is 74.7 cm³/mol. The summed E-state index contributed by atoms with van der Waals surface area (Å²) in [6.07, 6.45) is 2.68. The predicted octanol–water partition coefficient (Wildman–Crippen LogP) is 0.156. The van der Waals surface area contributed by atoms with Crippen molar-refractivity contribution in [2.24, 2.45) is 5.73 Å². The molecule has 2 heterocycles. The lowest BCUT2D eigenvalue weighted by Crippen LogP contribution is -2.48. The molecule has 0 aromatic carbocycles. The Kier molecular flexibility index (Phi) is 4.54. The number of methoxy groups -OCH3 is 1. The second kappa shape index (κ2) is 6.36. The van der Waals surface area contributed by atoms with Gasteiger partial charge in [0.2, 0.25) is 17.8 Å². The zero-order valence-corrected chi connectivity index (χ0v) is 11.8. The number of carbonyl (C=O) groups is 1. The molecule has 1 fully saturated rings. The van der Waals surface area contributed by atoms with Gasteiger partial charge < -0.3 is 20.7 Å². The van der Waals surface area contributed by atoms with E-state index in [0.717, 1.165) is 19.3 Å². The molecular formula is C12H20N6O2. The molecule has 2 rings (SSSR count). The quantitative estimate of drug-likeness (QED) is 0.791. The van der Waals surface area contributed by atoms with Crippen molar-refractivity contribution in [3.8, 4) is 6.01 Å². The first kappa shape index (κ1) is 14.3. The minimum absolute atomic E-state index is 0.222. The smallest absolute Gasteiger partial charge is 0.322 e. The lowest BCUT2D eigenvalue weighted by Gasteiger charge is -2.33. The van der Waals surface area contributed by atoms with Crippen molar-refractivity contribution in [1.82, 2.24) is 15.0 Å². The Morgan fingerprint density at radius 1 is 1.45 bits per heavy atom. The van der Waals surface area contributed by atoms with Crippen LogP contribution in [0.2, 0.25) is 0 Å². The van der Waals surface area contributed by atoms with E-state index in [1.165, 1.54) is 7.11 Å². The van der Waals surface area contributed by atoms with Crippen LogP contribution in [0.5, 0.6) is 6.01 Å². The maximum atomic E-state index is 11.6. The Labute approximate surface area is 117 Å². The van der Waals surface area contributed by atoms with Gasteiger partial charge in [0, 0.05) is 13.1 Å². The lowest BCUT2D eigenvalue weighted by atomic mass is 10.0. The summed E-state index contributed by atoms with van der Waals surface area (Å²) < 4.78 is 5.08. The van der Waals surface area contributed by atoms with Crippen molar-refractivity contribution in [2.45, 2.75) is 32.2 Å². The van der Waals surface area contributed by atoms with Crippen molar-refractivity contribution in [1.29, 1.82) is 0 Å². The van der Waals surface area contributed by atoms with E-state index in [-0.39, 0.29) is 18.0 Å². The van der Waals surface area contributed by atoms with Crippen LogP contribution in [0.15, 0.2) is 0 Å². The van der Waals surface area contributed by atoms with E-state index in [0.29, 0.717) is 25.0 Å². The number of nitrogens with two attached hydrogens (primary N) is 1. The molecule has 8 heteroatoms. The third-order valence-corrected chi connectivity index (χ3v) is 3.21. The van der Waals surface area contributed by atoms with Gasteiger partial charge >= 0.3 is 6.01 Å². The van der Waals surface area contributed by atoms with E-state index in [9.17, 15) is 4.79 Å². The van der Waals surface area contributed by atoms with Gasteiger partial charge in [-0.25, -0.2) is 0 Å². The van der Waals surface area contributed by atoms with Gasteiger partial charge in [-0.3, -0.25) is 4.79 Å². The van der Waals surface area contributed by atoms with Crippen LogP contribution in [0.3, 0.4) is 0 Å². The highest BCUT2D eigenvalue weighted by Gasteiger charge is 2.29. The van der Waals surface area contributed by atoms with Gasteiger partial charge in [0.1, 0.15) is 6.04 Å². The molecule has 0 saturated carbocycles. The zero-order valence-electron chi connectivity index (χ0n) is 11.8. The highest BCUT2D eigenvalue weighted by molar-refractivity contribution is 5.83. The van der Waals surface area contributed by atoms with E-state index < -0.39 is 0 Å². The molecule has 1 aliphatic rings. The Morgan fingerprint density at radius 3 is 2.90 bits per heavy atom. The number of aromatic nitrogens is 3. The van der Waals surface area contributed by atoms with Crippen molar-refractivity contribution >= 4 is 17.8 Å². The molecule has 3 N–H and O–H groups in total. The minimum atomic E-state index is -0.370. The molecule has 1 unspecified atom stereocenters. The van der Waals surface area contributed by atoms with E-state index in [1.807, 2.05) is 11.8 Å². The third-order valence-electron chi connectivity index (χ3n) is 3.21. The van der Waals surface area contributed by atoms with Crippen LogP contribution in [-0.2, 0) is 4.79 Å². The third kappa shape index (κ3) is 3.06. The molecule has 1 saturated heterocycles. The van der Waals surface area contributed by atoms with E-state index in [1.54, 1.807) is 0 Å². The number of ether oxygens (including phenoxy) is 1. The highest BCUT2D eigenvalue weighted by Crippen LogP contribution is 2.23. The van der Waals surface area contributed by atoms with Gasteiger partial charge in [-0.2, -0.15) is 15.0 Å². The Hall–Kier alpha value is -2.12. The fourth-order valence-corrected chi connectivity index (χ4v) is 2.27. The molecule has 20 heavy (non-hydrogen) atoms. The lowest BCUT2D eigenvalue weighted by molar-refractivity contribution is -0.119. The summed E-state index contributed by atoms with van der Waals surface area (Å²) in [7, 11) is 1.50. The number of piperidine rings is 1. The van der Waals surface area contributed by atoms with Gasteiger partial charge in [-0.05, 0) is 26.2 Å². The second-order valence-corrected chi connectivity index (χ2v) is 4.58. The number of hydrogen-bond acceptors (Lipinski definition) is 7. The van der Waals surface area contributed by atoms with Gasteiger partial charge in [0.25, 0.3) is 0 Å². The first-order chi connectivity index (χ1) is 9.65. The first-order valence-electron chi connectivity index (χ1n) is 6.75. The molecule has 1 amide bonds. The summed E-state index contributed by atoms with van der Waals surface area (Å²) in [5.41, 5.74) is 5.46. The number of nitrogens with zero attached hydrogens (tertiary/aromatic N) is 4. The van der Waals surface area contributed by atoms with Crippen molar-refractivity contribution in [3.63, 3.8) is 0 Å². The maximum Gasteiger partial charge on any atom is 0.322 e. The average molecular weight is 280 g/mol. The van der Waals surface area contributed by atoms with Gasteiger partial charge in [0.05, 0.1) is 7.11 Å². The Balaban J connectivity index is 2.33. The Morgan fingerprint density at radius 2 is 2.25 bits per heavy atom. The maximum absolute atomic E-state index is 11.6. The number of carbonyl (C=O) groups excluding carboxylic acids is 1. The molecule has 0 bridgehead atoms. The number of amides is 1. The van der Waals surface area contributed by atoms with Gasteiger partial charge in [-0.1, -0.05) is 0 Å². The monoisotopic (exact) mass is 280 g/mol. The van der Waals surface area contributed by atoms with Crippen LogP contribution in [0.25, 0.3) is 0 Å². The molecule has 1 aromatic rings. The largest absolute Gasteiger partial charge is 0.467 e. The van der Waals surface area contributed by atoms with Crippen molar-refractivity contribution in [2.75, 3.05) is 30.4 Å². The van der Waals surface area contributed by atoms with Crippen LogP contribution < -0.4 is 20.7 Å². The van der Waals surface area contributed by atoms with Crippen LogP contribution >= 0.6 is 0 Å². The Bertz CT molecular complexity index is 481. The zero-order chi connectivity index (χ0) is 14.5. The van der Waals surface area contributed by atoms with Crippen LogP contribution in [-0.4, -0.2) is 47.1 Å². The molecular weight excluding hydrogens is 260 g/mol. The standard InChI is InChI=1S/C12H20N6O2/c1-3-14-10-15-11(17-12(16-10)20-2)18-7-5-4-6-8(18)9(13)19/h8H,3-7H2,1-2H3,(H2,13,19)(H,14,15,16,17). The van der Waals surface area contributed by atoms with Crippen LogP contribution in [0, 0.1) is 0 Å². The summed E-state index contributed by atoms with van der Waals surface area (Å²) >= 11 is 0. The number of nitrogens with one attached hydrogen (secondary N) is 1. The molecule has 8 nitrogen and oxygen atoms in total. The highest BCUT2D eigenvalue weighted by atomic mass is 16.5. The topological polar surface area (TPSA) is 106 Å². The van der Waals surface area contributed by atoms with Gasteiger partial charge in [0.15, 0.2) is 0 Å². The van der Waals surface area contributed by atoms with E-state index in [2.05, 4.69) is 20.3 Å². The molecule has 1 aliphatic heterocycles. The molecule has 0 spiro atoms. The van der Waals surface area contributed by atoms with E-state index in [4.69, 9.17) is 10.5 Å². The molecule has 1 atom stereocenters. The summed E-state index contributed by atoms with van der Waals surface area (Å²) in [4.78, 5) is 26.1. The average Bonchev–Trinajstić information content (AvgIpc) is 2.47. The fourth-order valence-electron chi connectivity index (χ4n) is 2.27. The van der Waals surface area contributed by atoms with Crippen molar-refractivity contribution < 1.29 is 9.53 Å². The van der Waals surface area contributed by atoms with Crippen LogP contribution in [0.4, 0.5) is 11.9 Å². The first-order valence-corrected chi connectivity index (χ1v) is 6.75. The number of rotatable bonds is 5. The van der Waals surface area contributed by atoms with E-state index >= 15 is 0 Å². The minimum Gasteiger partial charge on any atom is -0.467 e. The fraction of sp³-hybridized carbons (Fsp3) is 0.667. The summed E-state index contributed by atoms with van der Waals surface area (Å²) in [6, 6.07) is -0.148. The second-order valence-electron chi connectivity index (χ2n) is 4.58. The van der Waals surface area contributed by atoms with Crippen molar-refractivity contribution in [3.05, 3.63) is 0 Å². The molecule has 1 aromatic heterocycles. The van der Waals surface area contributed by atoms with Gasteiger partial charge in [-0.15, -0.1) is 0 Å². The number of hydrogen-bond donors (Lipinski definition) is 2. The SMILES string of the molecule is CCNc1nc(OC)nc(N2CCCCC2C(N)=O)n1. The molecule has 0 aliphatic carbocycles. The summed E-state index contributed by atoms with van der Waals surface area (Å²) in [5.74, 6) is 0.508. The number of anilines is 2. The number of primary amides is 1. The normalized spacial score (nSPS) is 18.7. The van der Waals surface area contributed by atoms with Crippen LogP contribution in [0.1, 0.15) is 26.2 Å². The summed E-state index contributed by atoms with van der Waals surface area (Å²) in [5, 5.41) is 3.02. The summed E-state index contributed by atoms with van der Waals surface area (Å²) in [6.45, 7) is 3.33. The molecule has 0 radical (unpaired) electrons. The molecule has 110 valence electrons.